The molecule has 0 aliphatic heterocycles. The molecule has 160 valence electrons. The normalized spacial score (nSPS) is 12.2. The maximum atomic E-state index is 12.6. The lowest BCUT2D eigenvalue weighted by molar-refractivity contribution is -0.137. The molecular formula is C18H22F3IN4O2S. The first-order valence-electron chi connectivity index (χ1n) is 8.32. The van der Waals surface area contributed by atoms with E-state index in [-0.39, 0.29) is 28.9 Å². The van der Waals surface area contributed by atoms with Crippen molar-refractivity contribution in [2.45, 2.75) is 24.0 Å². The second kappa shape index (κ2) is 10.8. The molecule has 0 bridgehead atoms. The molecule has 4 N–H and O–H groups in total. The van der Waals surface area contributed by atoms with Crippen LogP contribution in [0.4, 0.5) is 13.2 Å². The van der Waals surface area contributed by atoms with Gasteiger partial charge in [0.05, 0.1) is 10.5 Å². The average molecular weight is 542 g/mol. The highest BCUT2D eigenvalue weighted by atomic mass is 127. The van der Waals surface area contributed by atoms with Gasteiger partial charge in [-0.2, -0.15) is 13.2 Å². The number of nitrogens with zero attached hydrogens (tertiary/aromatic N) is 1. The molecule has 0 saturated carbocycles. The zero-order valence-corrected chi connectivity index (χ0v) is 18.7. The molecule has 0 atom stereocenters. The van der Waals surface area contributed by atoms with E-state index in [1.807, 2.05) is 0 Å². The van der Waals surface area contributed by atoms with Crippen LogP contribution in [0.5, 0.6) is 0 Å². The van der Waals surface area contributed by atoms with Gasteiger partial charge in [-0.3, -0.25) is 4.99 Å². The van der Waals surface area contributed by atoms with Crippen molar-refractivity contribution in [3.63, 3.8) is 0 Å². The quantitative estimate of drug-likeness (QED) is 0.297. The lowest BCUT2D eigenvalue weighted by atomic mass is 10.1. The number of benzene rings is 2. The largest absolute Gasteiger partial charge is 0.416 e. The lowest BCUT2D eigenvalue weighted by Gasteiger charge is -2.13. The first-order valence-corrected chi connectivity index (χ1v) is 9.86. The zero-order valence-electron chi connectivity index (χ0n) is 15.5. The summed E-state index contributed by atoms with van der Waals surface area (Å²) < 4.78 is 60.5. The maximum Gasteiger partial charge on any atom is 0.416 e. The second-order valence-electron chi connectivity index (χ2n) is 5.99. The molecule has 0 heterocycles. The van der Waals surface area contributed by atoms with Crippen LogP contribution in [0.3, 0.4) is 0 Å². The van der Waals surface area contributed by atoms with Gasteiger partial charge in [0.2, 0.25) is 10.0 Å². The molecule has 0 radical (unpaired) electrons. The van der Waals surface area contributed by atoms with Crippen molar-refractivity contribution < 1.29 is 21.6 Å². The molecule has 6 nitrogen and oxygen atoms in total. The van der Waals surface area contributed by atoms with Gasteiger partial charge in [0.25, 0.3) is 0 Å². The molecule has 0 unspecified atom stereocenters. The van der Waals surface area contributed by atoms with E-state index in [2.05, 4.69) is 15.6 Å². The molecule has 2 aromatic carbocycles. The SMILES string of the molecule is CN=C(NCCc1ccc(C(F)(F)F)cc1)NCc1cccc(S(N)(=O)=O)c1.I. The van der Waals surface area contributed by atoms with Crippen LogP contribution in [0, 0.1) is 0 Å². The number of hydrogen-bond donors (Lipinski definition) is 3. The van der Waals surface area contributed by atoms with E-state index in [1.165, 1.54) is 24.3 Å². The van der Waals surface area contributed by atoms with E-state index in [1.54, 1.807) is 19.2 Å². The van der Waals surface area contributed by atoms with Crippen LogP contribution in [-0.2, 0) is 29.2 Å². The average Bonchev–Trinajstić information content (AvgIpc) is 2.63. The number of primary sulfonamides is 1. The Morgan fingerprint density at radius 2 is 1.72 bits per heavy atom. The van der Waals surface area contributed by atoms with Crippen molar-refractivity contribution >= 4 is 40.0 Å². The third-order valence-electron chi connectivity index (χ3n) is 3.90. The van der Waals surface area contributed by atoms with Gasteiger partial charge in [-0.25, -0.2) is 13.6 Å². The number of rotatable bonds is 6. The highest BCUT2D eigenvalue weighted by Gasteiger charge is 2.29. The standard InChI is InChI=1S/C18H21F3N4O2S.HI/c1-23-17(25-12-14-3-2-4-16(11-14)28(22,26)27)24-10-9-13-5-7-15(8-6-13)18(19,20)21;/h2-8,11H,9-10,12H2,1H3,(H2,22,26,27)(H2,23,24,25);1H. The maximum absolute atomic E-state index is 12.6. The van der Waals surface area contributed by atoms with Crippen LogP contribution in [0.1, 0.15) is 16.7 Å². The Bertz CT molecular complexity index is 933. The number of alkyl halides is 3. The fraction of sp³-hybridized carbons (Fsp3) is 0.278. The number of sulfonamides is 1. The van der Waals surface area contributed by atoms with Crippen LogP contribution < -0.4 is 15.8 Å². The Kier molecular flexibility index (Phi) is 9.36. The molecule has 2 rings (SSSR count). The van der Waals surface area contributed by atoms with E-state index in [9.17, 15) is 21.6 Å². The van der Waals surface area contributed by atoms with Gasteiger partial charge in [-0.05, 0) is 41.8 Å². The van der Waals surface area contributed by atoms with Crippen LogP contribution in [0.15, 0.2) is 58.4 Å². The molecule has 0 spiro atoms. The Labute approximate surface area is 184 Å². The molecule has 0 aliphatic carbocycles. The van der Waals surface area contributed by atoms with E-state index >= 15 is 0 Å². The molecular weight excluding hydrogens is 520 g/mol. The third kappa shape index (κ3) is 8.19. The molecule has 11 heteroatoms. The van der Waals surface area contributed by atoms with Gasteiger partial charge in [-0.1, -0.05) is 24.3 Å². The van der Waals surface area contributed by atoms with Crippen LogP contribution in [0.25, 0.3) is 0 Å². The summed E-state index contributed by atoms with van der Waals surface area (Å²) in [6, 6.07) is 11.2. The summed E-state index contributed by atoms with van der Waals surface area (Å²) in [5, 5.41) is 11.2. The predicted octanol–water partition coefficient (Wildman–Crippen LogP) is 2.88. The number of aliphatic imine (C=N–C) groups is 1. The van der Waals surface area contributed by atoms with E-state index in [0.717, 1.165) is 17.7 Å². The van der Waals surface area contributed by atoms with Crippen molar-refractivity contribution in [2.75, 3.05) is 13.6 Å². The van der Waals surface area contributed by atoms with Crippen LogP contribution >= 0.6 is 24.0 Å². The monoisotopic (exact) mass is 542 g/mol. The smallest absolute Gasteiger partial charge is 0.356 e. The van der Waals surface area contributed by atoms with E-state index < -0.39 is 21.8 Å². The van der Waals surface area contributed by atoms with Gasteiger partial charge in [0.1, 0.15) is 0 Å². The van der Waals surface area contributed by atoms with Crippen molar-refractivity contribution in [2.24, 2.45) is 10.1 Å². The highest BCUT2D eigenvalue weighted by molar-refractivity contribution is 14.0. The molecule has 0 aromatic heterocycles. The van der Waals surface area contributed by atoms with Gasteiger partial charge in [0.15, 0.2) is 5.96 Å². The molecule has 0 amide bonds. The van der Waals surface area contributed by atoms with Crippen molar-refractivity contribution in [1.82, 2.24) is 10.6 Å². The summed E-state index contributed by atoms with van der Waals surface area (Å²) in [6.45, 7) is 0.783. The molecule has 29 heavy (non-hydrogen) atoms. The first-order chi connectivity index (χ1) is 13.1. The third-order valence-corrected chi connectivity index (χ3v) is 4.81. The van der Waals surface area contributed by atoms with Crippen molar-refractivity contribution in [1.29, 1.82) is 0 Å². The highest BCUT2D eigenvalue weighted by Crippen LogP contribution is 2.29. The minimum absolute atomic E-state index is 0. The zero-order chi connectivity index (χ0) is 20.8. The van der Waals surface area contributed by atoms with Gasteiger partial charge < -0.3 is 10.6 Å². The number of guanidine groups is 1. The molecule has 0 aliphatic rings. The lowest BCUT2D eigenvalue weighted by Crippen LogP contribution is -2.37. The minimum atomic E-state index is -4.34. The summed E-state index contributed by atoms with van der Waals surface area (Å²) in [5.74, 6) is 0.480. The summed E-state index contributed by atoms with van der Waals surface area (Å²) in [6.07, 6.45) is -3.83. The van der Waals surface area contributed by atoms with Crippen LogP contribution in [-0.4, -0.2) is 28.0 Å². The number of halogens is 4. The first kappa shape index (κ1) is 25.2. The van der Waals surface area contributed by atoms with Gasteiger partial charge in [0, 0.05) is 20.1 Å². The molecule has 2 aromatic rings. The molecule has 0 fully saturated rings. The second-order valence-corrected chi connectivity index (χ2v) is 7.55. The van der Waals surface area contributed by atoms with Crippen LogP contribution in [0.2, 0.25) is 0 Å². The van der Waals surface area contributed by atoms with Crippen molar-refractivity contribution in [3.8, 4) is 0 Å². The predicted molar refractivity (Wildman–Crippen MR) is 117 cm³/mol. The number of hydrogen-bond acceptors (Lipinski definition) is 3. The summed E-state index contributed by atoms with van der Waals surface area (Å²) >= 11 is 0. The van der Waals surface area contributed by atoms with E-state index in [0.29, 0.717) is 31.0 Å². The number of nitrogens with one attached hydrogen (secondary N) is 2. The summed E-state index contributed by atoms with van der Waals surface area (Å²) in [5.41, 5.74) is 0.789. The van der Waals surface area contributed by atoms with Gasteiger partial charge in [-0.15, -0.1) is 24.0 Å². The Hall–Kier alpha value is -1.86. The van der Waals surface area contributed by atoms with E-state index in [4.69, 9.17) is 5.14 Å². The Balaban J connectivity index is 0.00000420. The Morgan fingerprint density at radius 3 is 2.28 bits per heavy atom. The fourth-order valence-electron chi connectivity index (χ4n) is 2.42. The van der Waals surface area contributed by atoms with Gasteiger partial charge >= 0.3 is 6.18 Å². The summed E-state index contributed by atoms with van der Waals surface area (Å²) in [4.78, 5) is 4.08. The number of nitrogens with two attached hydrogens (primary N) is 1. The summed E-state index contributed by atoms with van der Waals surface area (Å²) in [7, 11) is -2.19. The van der Waals surface area contributed by atoms with Crippen molar-refractivity contribution in [3.05, 3.63) is 65.2 Å². The fourth-order valence-corrected chi connectivity index (χ4v) is 3.01. The topological polar surface area (TPSA) is 96.6 Å². The Morgan fingerprint density at radius 1 is 1.07 bits per heavy atom. The molecule has 0 saturated heterocycles. The minimum Gasteiger partial charge on any atom is -0.356 e.